The Bertz CT molecular complexity index is 940. The Kier molecular flexibility index (Phi) is 6.60. The highest BCUT2D eigenvalue weighted by atomic mass is 35.5. The van der Waals surface area contributed by atoms with Gasteiger partial charge >= 0.3 is 5.97 Å². The predicted molar refractivity (Wildman–Crippen MR) is 123 cm³/mol. The Morgan fingerprint density at radius 1 is 1.16 bits per heavy atom. The van der Waals surface area contributed by atoms with Crippen molar-refractivity contribution < 1.29 is 9.90 Å². The predicted octanol–water partition coefficient (Wildman–Crippen LogP) is 3.10. The first-order valence-corrected chi connectivity index (χ1v) is 11.1. The number of likely N-dealkylation sites (tertiary alicyclic amines) is 1. The molecule has 0 saturated carbocycles. The van der Waals surface area contributed by atoms with Gasteiger partial charge in [0.15, 0.2) is 5.69 Å². The second-order valence-corrected chi connectivity index (χ2v) is 8.79. The molecule has 2 aromatic rings. The minimum atomic E-state index is -1.18. The molecule has 31 heavy (non-hydrogen) atoms. The maximum Gasteiger partial charge on any atom is 0.356 e. The molecular weight excluding hydrogens is 416 g/mol. The first-order valence-electron chi connectivity index (χ1n) is 10.7. The van der Waals surface area contributed by atoms with Crippen LogP contribution in [0, 0.1) is 6.92 Å². The molecule has 166 valence electrons. The van der Waals surface area contributed by atoms with Crippen LogP contribution >= 0.6 is 11.6 Å². The third kappa shape index (κ3) is 5.08. The number of piperidine rings is 1. The number of aryl methyl sites for hydroxylation is 1. The number of piperazine rings is 1. The number of halogens is 1. The van der Waals surface area contributed by atoms with Crippen LogP contribution in [0.2, 0.25) is 5.02 Å². The summed E-state index contributed by atoms with van der Waals surface area (Å²) in [7, 11) is 2.21. The van der Waals surface area contributed by atoms with Crippen LogP contribution < -0.4 is 10.2 Å². The third-order valence-corrected chi connectivity index (χ3v) is 6.54. The van der Waals surface area contributed by atoms with E-state index in [1.54, 1.807) is 0 Å². The SMILES string of the molecule is Cc1cc(Nc2ncc(Cl)c(C(=O)O)n2)ccc1N1CCN(C2CCN(C)CC2)CC1. The van der Waals surface area contributed by atoms with Gasteiger partial charge in [-0.15, -0.1) is 0 Å². The summed E-state index contributed by atoms with van der Waals surface area (Å²) in [5.41, 5.74) is 2.99. The number of hydrogen-bond acceptors (Lipinski definition) is 7. The Hall–Kier alpha value is -2.42. The standard InChI is InChI=1S/C22H29ClN6O2/c1-15-13-16(25-22-24-14-18(23)20(26-22)21(30)31)3-4-19(15)29-11-9-28(10-12-29)17-5-7-27(2)8-6-17/h3-4,13-14,17H,5-12H2,1-2H3,(H,30,31)(H,24,25,26). The molecule has 0 radical (unpaired) electrons. The van der Waals surface area contributed by atoms with Crippen molar-refractivity contribution in [3.63, 3.8) is 0 Å². The average molecular weight is 445 g/mol. The van der Waals surface area contributed by atoms with Gasteiger partial charge in [0.25, 0.3) is 0 Å². The molecular formula is C22H29ClN6O2. The summed E-state index contributed by atoms with van der Waals surface area (Å²) in [6.45, 7) is 8.75. The van der Waals surface area contributed by atoms with Gasteiger partial charge in [-0.2, -0.15) is 0 Å². The maximum absolute atomic E-state index is 11.2. The van der Waals surface area contributed by atoms with Crippen molar-refractivity contribution in [3.8, 4) is 0 Å². The number of aromatic carboxylic acids is 1. The van der Waals surface area contributed by atoms with Gasteiger partial charge < -0.3 is 20.2 Å². The monoisotopic (exact) mass is 444 g/mol. The molecule has 0 unspecified atom stereocenters. The fourth-order valence-corrected chi connectivity index (χ4v) is 4.65. The van der Waals surface area contributed by atoms with Gasteiger partial charge in [0, 0.05) is 43.6 Å². The smallest absolute Gasteiger partial charge is 0.356 e. The van der Waals surface area contributed by atoms with Crippen LogP contribution in [0.25, 0.3) is 0 Å². The van der Waals surface area contributed by atoms with Gasteiger partial charge in [0.05, 0.1) is 11.2 Å². The van der Waals surface area contributed by atoms with E-state index in [2.05, 4.69) is 50.0 Å². The van der Waals surface area contributed by atoms with Crippen LogP contribution in [-0.2, 0) is 0 Å². The molecule has 1 aromatic heterocycles. The lowest BCUT2D eigenvalue weighted by molar-refractivity contribution is 0.0690. The minimum absolute atomic E-state index is 0.0176. The molecule has 0 bridgehead atoms. The second kappa shape index (κ2) is 9.38. The van der Waals surface area contributed by atoms with Gasteiger partial charge in [0.1, 0.15) is 0 Å². The molecule has 2 aliphatic heterocycles. The molecule has 9 heteroatoms. The number of nitrogens with zero attached hydrogens (tertiary/aromatic N) is 5. The first-order chi connectivity index (χ1) is 14.9. The fourth-order valence-electron chi connectivity index (χ4n) is 4.48. The molecule has 2 saturated heterocycles. The summed E-state index contributed by atoms with van der Waals surface area (Å²) < 4.78 is 0. The van der Waals surface area contributed by atoms with Crippen LogP contribution in [0.5, 0.6) is 0 Å². The van der Waals surface area contributed by atoms with E-state index >= 15 is 0 Å². The summed E-state index contributed by atoms with van der Waals surface area (Å²) in [5, 5.41) is 12.3. The van der Waals surface area contributed by atoms with E-state index in [0.29, 0.717) is 0 Å². The second-order valence-electron chi connectivity index (χ2n) is 8.38. The number of carbonyl (C=O) groups is 1. The molecule has 0 amide bonds. The molecule has 2 N–H and O–H groups in total. The molecule has 3 heterocycles. The average Bonchev–Trinajstić information content (AvgIpc) is 2.76. The van der Waals surface area contributed by atoms with E-state index in [1.807, 2.05) is 12.1 Å². The zero-order chi connectivity index (χ0) is 22.0. The zero-order valence-electron chi connectivity index (χ0n) is 18.0. The van der Waals surface area contributed by atoms with E-state index in [0.717, 1.165) is 43.5 Å². The Balaban J connectivity index is 1.38. The van der Waals surface area contributed by atoms with Crippen LogP contribution in [0.4, 0.5) is 17.3 Å². The molecule has 4 rings (SSSR count). The van der Waals surface area contributed by atoms with Gasteiger partial charge in [-0.25, -0.2) is 14.8 Å². The van der Waals surface area contributed by atoms with Crippen molar-refractivity contribution in [1.82, 2.24) is 19.8 Å². The summed E-state index contributed by atoms with van der Waals surface area (Å²) >= 11 is 5.85. The Morgan fingerprint density at radius 2 is 1.87 bits per heavy atom. The molecule has 1 aromatic carbocycles. The number of anilines is 3. The maximum atomic E-state index is 11.2. The van der Waals surface area contributed by atoms with Crippen LogP contribution in [0.15, 0.2) is 24.4 Å². The quantitative estimate of drug-likeness (QED) is 0.727. The molecule has 0 aliphatic carbocycles. The summed E-state index contributed by atoms with van der Waals surface area (Å²) in [6.07, 6.45) is 3.84. The van der Waals surface area contributed by atoms with Crippen molar-refractivity contribution in [2.75, 3.05) is 56.5 Å². The topological polar surface area (TPSA) is 84.8 Å². The number of carboxylic acids is 1. The van der Waals surface area contributed by atoms with E-state index < -0.39 is 5.97 Å². The van der Waals surface area contributed by atoms with E-state index in [1.165, 1.54) is 37.8 Å². The zero-order valence-corrected chi connectivity index (χ0v) is 18.8. The van der Waals surface area contributed by atoms with Crippen LogP contribution in [0.3, 0.4) is 0 Å². The number of rotatable bonds is 5. The number of aromatic nitrogens is 2. The molecule has 2 fully saturated rings. The van der Waals surface area contributed by atoms with Crippen molar-refractivity contribution in [1.29, 1.82) is 0 Å². The van der Waals surface area contributed by atoms with Crippen molar-refractivity contribution >= 4 is 34.9 Å². The van der Waals surface area contributed by atoms with Crippen LogP contribution in [0.1, 0.15) is 28.9 Å². The van der Waals surface area contributed by atoms with Crippen molar-refractivity contribution in [3.05, 3.63) is 40.7 Å². The highest BCUT2D eigenvalue weighted by molar-refractivity contribution is 6.33. The normalized spacial score (nSPS) is 18.9. The number of benzene rings is 1. The first kappa shape index (κ1) is 21.8. The lowest BCUT2D eigenvalue weighted by Crippen LogP contribution is -2.53. The highest BCUT2D eigenvalue weighted by Crippen LogP contribution is 2.27. The van der Waals surface area contributed by atoms with Gasteiger partial charge in [-0.1, -0.05) is 11.6 Å². The Labute approximate surface area is 187 Å². The number of carboxylic acid groups (broad SMARTS) is 1. The van der Waals surface area contributed by atoms with E-state index in [4.69, 9.17) is 11.6 Å². The fraction of sp³-hybridized carbons (Fsp3) is 0.500. The highest BCUT2D eigenvalue weighted by Gasteiger charge is 2.27. The lowest BCUT2D eigenvalue weighted by atomic mass is 10.0. The Morgan fingerprint density at radius 3 is 2.52 bits per heavy atom. The van der Waals surface area contributed by atoms with Crippen LogP contribution in [-0.4, -0.2) is 83.2 Å². The van der Waals surface area contributed by atoms with Gasteiger partial charge in [-0.05, 0) is 63.7 Å². The summed E-state index contributed by atoms with van der Waals surface area (Å²) in [5.74, 6) is -0.970. The van der Waals surface area contributed by atoms with E-state index in [9.17, 15) is 9.90 Å². The molecule has 8 nitrogen and oxygen atoms in total. The van der Waals surface area contributed by atoms with E-state index in [-0.39, 0.29) is 16.7 Å². The van der Waals surface area contributed by atoms with Crippen molar-refractivity contribution in [2.45, 2.75) is 25.8 Å². The molecule has 0 atom stereocenters. The van der Waals surface area contributed by atoms with Gasteiger partial charge in [0.2, 0.25) is 5.95 Å². The third-order valence-electron chi connectivity index (χ3n) is 6.26. The number of hydrogen-bond donors (Lipinski definition) is 2. The lowest BCUT2D eigenvalue weighted by Gasteiger charge is -2.43. The molecule has 0 spiro atoms. The minimum Gasteiger partial charge on any atom is -0.476 e. The van der Waals surface area contributed by atoms with Crippen molar-refractivity contribution in [2.24, 2.45) is 0 Å². The summed E-state index contributed by atoms with van der Waals surface area (Å²) in [6, 6.07) is 6.85. The number of nitrogens with one attached hydrogen (secondary N) is 1. The summed E-state index contributed by atoms with van der Waals surface area (Å²) in [4.78, 5) is 26.8. The van der Waals surface area contributed by atoms with Gasteiger partial charge in [-0.3, -0.25) is 4.90 Å². The largest absolute Gasteiger partial charge is 0.476 e. The molecule has 2 aliphatic rings.